The van der Waals surface area contributed by atoms with E-state index in [4.69, 9.17) is 5.73 Å². The zero-order valence-corrected chi connectivity index (χ0v) is 33.3. The second-order valence-corrected chi connectivity index (χ2v) is 12.3. The van der Waals surface area contributed by atoms with Crippen molar-refractivity contribution in [1.29, 1.82) is 0 Å². The zero-order valence-electron chi connectivity index (χ0n) is 33.3. The van der Waals surface area contributed by atoms with Crippen molar-refractivity contribution >= 4 is 16.8 Å². The van der Waals surface area contributed by atoms with Crippen LogP contribution in [0.25, 0.3) is 11.1 Å². The molecule has 0 aliphatic heterocycles. The fourth-order valence-corrected chi connectivity index (χ4v) is 5.12. The van der Waals surface area contributed by atoms with Crippen molar-refractivity contribution in [3.05, 3.63) is 260 Å². The standard InChI is InChI=1S/C26H31N.C14H16.C7H8.C6H6/c1-7-11-12-15-20(5)21(6)18-23(14-9-3)24-16-17-26(27)25(19-24)22(10-4)13-8-2;1-4-9-12(3)14(5-2)13-10-7-6-8-11-13;1-7-5-3-2-4-6-7;1-2-4-6-5-3-1/h7-12,14-19H,1-3,13,27H2,4-6H3;4-11,14H,1-2H2,3H3;2-6H,1H3;1-6H/b12-11-,20-15+,21-18+,22-10+,23-14+;12-9+;;. The molecule has 0 amide bonds. The summed E-state index contributed by atoms with van der Waals surface area (Å²) in [7, 11) is 0. The predicted octanol–water partition coefficient (Wildman–Crippen LogP) is 15.2. The molecule has 2 N–H and O–H groups in total. The minimum absolute atomic E-state index is 0.300. The average molecular weight is 712 g/mol. The van der Waals surface area contributed by atoms with Gasteiger partial charge < -0.3 is 5.73 Å². The molecule has 0 spiro atoms. The molecule has 0 aromatic heterocycles. The van der Waals surface area contributed by atoms with Crippen LogP contribution in [0.1, 0.15) is 62.3 Å². The molecule has 4 rings (SSSR count). The second-order valence-electron chi connectivity index (χ2n) is 12.3. The number of nitrogen functional groups attached to an aromatic ring is 1. The van der Waals surface area contributed by atoms with Gasteiger partial charge in [0.2, 0.25) is 0 Å². The van der Waals surface area contributed by atoms with Gasteiger partial charge in [-0.05, 0) is 86.6 Å². The number of nitrogens with two attached hydrogens (primary N) is 1. The monoisotopic (exact) mass is 711 g/mol. The van der Waals surface area contributed by atoms with Crippen molar-refractivity contribution in [3.8, 4) is 0 Å². The van der Waals surface area contributed by atoms with Crippen molar-refractivity contribution in [1.82, 2.24) is 0 Å². The van der Waals surface area contributed by atoms with Gasteiger partial charge in [-0.3, -0.25) is 0 Å². The van der Waals surface area contributed by atoms with E-state index < -0.39 is 0 Å². The van der Waals surface area contributed by atoms with Gasteiger partial charge in [0, 0.05) is 17.2 Å². The van der Waals surface area contributed by atoms with Crippen molar-refractivity contribution in [2.75, 3.05) is 5.73 Å². The second kappa shape index (κ2) is 28.4. The van der Waals surface area contributed by atoms with E-state index in [1.54, 1.807) is 6.08 Å². The molecular weight excluding hydrogens is 651 g/mol. The fraction of sp³-hybridized carbons (Fsp3) is 0.132. The summed E-state index contributed by atoms with van der Waals surface area (Å²) < 4.78 is 0. The van der Waals surface area contributed by atoms with E-state index in [1.165, 1.54) is 33.4 Å². The molecule has 0 aliphatic carbocycles. The normalized spacial score (nSPS) is 12.4. The Hall–Kier alpha value is -6.18. The van der Waals surface area contributed by atoms with Crippen molar-refractivity contribution in [2.45, 2.75) is 47.0 Å². The Labute approximate surface area is 328 Å². The highest BCUT2D eigenvalue weighted by Gasteiger charge is 2.09. The summed E-state index contributed by atoms with van der Waals surface area (Å²) in [6, 6.07) is 38.8. The third kappa shape index (κ3) is 18.4. The minimum atomic E-state index is 0.300. The first-order valence-electron chi connectivity index (χ1n) is 18.3. The largest absolute Gasteiger partial charge is 0.398 e. The molecule has 0 bridgehead atoms. The van der Waals surface area contributed by atoms with E-state index >= 15 is 0 Å². The molecule has 0 fully saturated rings. The third-order valence-corrected chi connectivity index (χ3v) is 8.20. The molecule has 1 heteroatoms. The number of benzene rings is 4. The third-order valence-electron chi connectivity index (χ3n) is 8.20. The molecular formula is C53H61N. The maximum Gasteiger partial charge on any atom is 0.0390 e. The Bertz CT molecular complexity index is 1870. The first kappa shape index (κ1) is 45.8. The van der Waals surface area contributed by atoms with E-state index in [2.05, 4.69) is 115 Å². The SMILES string of the molecule is C=C/C=C(\C)C(C=C)c1ccccc1.C=C\C=C/C=C(C)/C(C)=C/C(=C\C=C)c1ccc(N)c(/C(=C/C)CC=C)c1.Cc1ccccc1.c1ccccc1. The first-order chi connectivity index (χ1) is 26.2. The number of anilines is 1. The molecule has 0 saturated heterocycles. The van der Waals surface area contributed by atoms with E-state index in [0.29, 0.717) is 5.92 Å². The highest BCUT2D eigenvalue weighted by molar-refractivity contribution is 5.83. The number of allylic oxidation sites excluding steroid dienone is 17. The van der Waals surface area contributed by atoms with E-state index in [0.717, 1.165) is 28.8 Å². The van der Waals surface area contributed by atoms with Gasteiger partial charge in [-0.1, -0.05) is 207 Å². The van der Waals surface area contributed by atoms with Crippen molar-refractivity contribution < 1.29 is 0 Å². The fourth-order valence-electron chi connectivity index (χ4n) is 5.12. The molecule has 1 atom stereocenters. The summed E-state index contributed by atoms with van der Waals surface area (Å²) in [5.41, 5.74) is 17.7. The summed E-state index contributed by atoms with van der Waals surface area (Å²) in [5.74, 6) is 0.300. The molecule has 278 valence electrons. The maximum atomic E-state index is 6.23. The van der Waals surface area contributed by atoms with Crippen molar-refractivity contribution in [2.24, 2.45) is 0 Å². The van der Waals surface area contributed by atoms with Gasteiger partial charge in [0.25, 0.3) is 0 Å². The molecule has 4 aromatic carbocycles. The lowest BCUT2D eigenvalue weighted by atomic mass is 9.92. The maximum absolute atomic E-state index is 6.23. The van der Waals surface area contributed by atoms with Crippen molar-refractivity contribution in [3.63, 3.8) is 0 Å². The lowest BCUT2D eigenvalue weighted by Crippen LogP contribution is -1.96. The smallest absolute Gasteiger partial charge is 0.0390 e. The summed E-state index contributed by atoms with van der Waals surface area (Å²) in [5, 5.41) is 0. The average Bonchev–Trinajstić information content (AvgIpc) is 3.19. The van der Waals surface area contributed by atoms with Crippen LogP contribution in [-0.4, -0.2) is 0 Å². The Morgan fingerprint density at radius 1 is 0.648 bits per heavy atom. The summed E-state index contributed by atoms with van der Waals surface area (Å²) in [4.78, 5) is 0. The molecule has 0 saturated carbocycles. The predicted molar refractivity (Wildman–Crippen MR) is 245 cm³/mol. The van der Waals surface area contributed by atoms with Gasteiger partial charge in [0.15, 0.2) is 0 Å². The van der Waals surface area contributed by atoms with Crippen LogP contribution in [-0.2, 0) is 0 Å². The van der Waals surface area contributed by atoms with Gasteiger partial charge in [-0.15, -0.1) is 13.2 Å². The molecule has 0 aliphatic rings. The lowest BCUT2D eigenvalue weighted by Gasteiger charge is -2.13. The van der Waals surface area contributed by atoms with E-state index in [1.807, 2.05) is 134 Å². The molecule has 1 nitrogen and oxygen atoms in total. The van der Waals surface area contributed by atoms with Crippen LogP contribution in [0.15, 0.2) is 238 Å². The highest BCUT2D eigenvalue weighted by Crippen LogP contribution is 2.30. The van der Waals surface area contributed by atoms with E-state index in [-0.39, 0.29) is 0 Å². The molecule has 54 heavy (non-hydrogen) atoms. The zero-order chi connectivity index (χ0) is 40.0. The summed E-state index contributed by atoms with van der Waals surface area (Å²) in [6.45, 7) is 29.4. The Morgan fingerprint density at radius 2 is 1.20 bits per heavy atom. The summed E-state index contributed by atoms with van der Waals surface area (Å²) in [6.07, 6.45) is 24.3. The van der Waals surface area contributed by atoms with Crippen LogP contribution in [0, 0.1) is 6.92 Å². The number of rotatable bonds is 13. The first-order valence-corrected chi connectivity index (χ1v) is 18.3. The highest BCUT2D eigenvalue weighted by atomic mass is 14.6. The minimum Gasteiger partial charge on any atom is -0.398 e. The molecule has 0 radical (unpaired) electrons. The number of aryl methyl sites for hydroxylation is 1. The van der Waals surface area contributed by atoms with Crippen LogP contribution < -0.4 is 5.73 Å². The van der Waals surface area contributed by atoms with Crippen LogP contribution in [0.3, 0.4) is 0 Å². The number of hydrogen-bond donors (Lipinski definition) is 1. The lowest BCUT2D eigenvalue weighted by molar-refractivity contribution is 0.993. The van der Waals surface area contributed by atoms with Gasteiger partial charge in [0.1, 0.15) is 0 Å². The molecule has 4 aromatic rings. The van der Waals surface area contributed by atoms with Gasteiger partial charge in [-0.25, -0.2) is 0 Å². The quantitative estimate of drug-likeness (QED) is 0.0834. The van der Waals surface area contributed by atoms with Crippen LogP contribution in [0.5, 0.6) is 0 Å². The van der Waals surface area contributed by atoms with Crippen LogP contribution in [0.4, 0.5) is 5.69 Å². The van der Waals surface area contributed by atoms with Crippen LogP contribution in [0.2, 0.25) is 0 Å². The Balaban J connectivity index is 0.000000438. The molecule has 0 heterocycles. The van der Waals surface area contributed by atoms with Crippen LogP contribution >= 0.6 is 0 Å². The van der Waals surface area contributed by atoms with Gasteiger partial charge >= 0.3 is 0 Å². The Morgan fingerprint density at radius 3 is 1.67 bits per heavy atom. The summed E-state index contributed by atoms with van der Waals surface area (Å²) >= 11 is 0. The van der Waals surface area contributed by atoms with Gasteiger partial charge in [-0.2, -0.15) is 0 Å². The topological polar surface area (TPSA) is 26.0 Å². The molecule has 1 unspecified atom stereocenters. The van der Waals surface area contributed by atoms with E-state index in [9.17, 15) is 0 Å². The Kier molecular flexibility index (Phi) is 24.1. The number of hydrogen-bond acceptors (Lipinski definition) is 1. The van der Waals surface area contributed by atoms with Gasteiger partial charge in [0.05, 0.1) is 0 Å².